The van der Waals surface area contributed by atoms with E-state index in [9.17, 15) is 56.2 Å². The molecule has 2 aliphatic rings. The summed E-state index contributed by atoms with van der Waals surface area (Å²) in [5.74, 6) is 0. The molecule has 34 heavy (non-hydrogen) atoms. The van der Waals surface area contributed by atoms with Crippen LogP contribution in [0.3, 0.4) is 0 Å². The lowest BCUT2D eigenvalue weighted by Gasteiger charge is -2.41. The van der Waals surface area contributed by atoms with Crippen LogP contribution in [0, 0.1) is 0 Å². The molecule has 0 unspecified atom stereocenters. The summed E-state index contributed by atoms with van der Waals surface area (Å²) in [6.45, 7) is -3.23. The first-order valence-electron chi connectivity index (χ1n) is 10.5. The Kier molecular flexibility index (Phi) is 11.4. The summed E-state index contributed by atoms with van der Waals surface area (Å²) in [5, 5.41) is 118. The van der Waals surface area contributed by atoms with E-state index < -0.39 is 112 Å². The maximum atomic E-state index is 10.3. The molecule has 2 saturated heterocycles. The molecular formula is C18H34O16. The van der Waals surface area contributed by atoms with Crippen molar-refractivity contribution >= 4 is 0 Å². The van der Waals surface area contributed by atoms with Crippen molar-refractivity contribution in [2.24, 2.45) is 0 Å². The third kappa shape index (κ3) is 6.56. The van der Waals surface area contributed by atoms with Gasteiger partial charge in [0, 0.05) is 0 Å². The first kappa shape index (κ1) is 29.6. The Labute approximate surface area is 193 Å². The zero-order chi connectivity index (χ0) is 25.7. The van der Waals surface area contributed by atoms with Gasteiger partial charge in [-0.2, -0.15) is 0 Å². The standard InChI is InChI=1S/C18H34O16/c19-1-6(33-18-16(30)14(28)12(26)8(3-21)34-18)10(24)9(23)5(22)4-31-17-15(29)13(27)11(25)7(2-20)32-17/h5-30H,1-4H2/t5-,6-,7-,8-,9-,10-,11+,12-,13+,14+,15-,16+,17-,18+/m1/s1. The molecule has 16 heteroatoms. The lowest BCUT2D eigenvalue weighted by molar-refractivity contribution is -0.324. The molecule has 0 radical (unpaired) electrons. The average molecular weight is 506 g/mol. The fraction of sp³-hybridized carbons (Fsp3) is 1.00. The Morgan fingerprint density at radius 2 is 1.09 bits per heavy atom. The molecule has 0 aromatic heterocycles. The molecule has 0 spiro atoms. The SMILES string of the molecule is OC[C@H]1O[C@@H](OC[C@@H](O)[C@@H](O)[C@H](O)[C@@H](CO)O[C@H]2O[C@H](CO)[C@@H](O)[C@H](O)[C@@H]2O)[C@H](O)[C@@H](O)[C@H]1O. The van der Waals surface area contributed by atoms with Crippen molar-refractivity contribution in [2.75, 3.05) is 26.4 Å². The third-order valence-electron chi connectivity index (χ3n) is 5.74. The molecule has 0 aromatic carbocycles. The summed E-state index contributed by atoms with van der Waals surface area (Å²) in [7, 11) is 0. The van der Waals surface area contributed by atoms with Crippen LogP contribution >= 0.6 is 0 Å². The minimum absolute atomic E-state index is 0.720. The molecule has 0 saturated carbocycles. The van der Waals surface area contributed by atoms with Crippen molar-refractivity contribution in [3.05, 3.63) is 0 Å². The van der Waals surface area contributed by atoms with Gasteiger partial charge in [-0.1, -0.05) is 0 Å². The molecule has 202 valence electrons. The van der Waals surface area contributed by atoms with Gasteiger partial charge in [0.05, 0.1) is 26.4 Å². The van der Waals surface area contributed by atoms with Crippen LogP contribution in [0.1, 0.15) is 0 Å². The second kappa shape index (κ2) is 13.1. The zero-order valence-electron chi connectivity index (χ0n) is 17.9. The molecule has 2 rings (SSSR count). The first-order valence-corrected chi connectivity index (χ1v) is 10.5. The molecular weight excluding hydrogens is 472 g/mol. The lowest BCUT2D eigenvalue weighted by Crippen LogP contribution is -2.61. The first-order chi connectivity index (χ1) is 16.0. The number of ether oxygens (including phenoxy) is 4. The molecule has 0 bridgehead atoms. The fourth-order valence-electron chi connectivity index (χ4n) is 3.53. The fourth-order valence-corrected chi connectivity index (χ4v) is 3.53. The second-order valence-electron chi connectivity index (χ2n) is 8.13. The molecule has 2 aliphatic heterocycles. The largest absolute Gasteiger partial charge is 0.394 e. The highest BCUT2D eigenvalue weighted by Crippen LogP contribution is 2.25. The van der Waals surface area contributed by atoms with Crippen LogP contribution in [-0.2, 0) is 18.9 Å². The van der Waals surface area contributed by atoms with Crippen LogP contribution in [0.15, 0.2) is 0 Å². The van der Waals surface area contributed by atoms with Crippen molar-refractivity contribution in [3.8, 4) is 0 Å². The number of hydrogen-bond acceptors (Lipinski definition) is 16. The molecule has 0 aromatic rings. The average Bonchev–Trinajstić information content (AvgIpc) is 2.84. The quantitative estimate of drug-likeness (QED) is 0.124. The van der Waals surface area contributed by atoms with E-state index in [4.69, 9.17) is 24.1 Å². The zero-order valence-corrected chi connectivity index (χ0v) is 17.9. The van der Waals surface area contributed by atoms with E-state index in [-0.39, 0.29) is 0 Å². The maximum Gasteiger partial charge on any atom is 0.187 e. The Morgan fingerprint density at radius 1 is 0.618 bits per heavy atom. The minimum Gasteiger partial charge on any atom is -0.394 e. The van der Waals surface area contributed by atoms with Crippen LogP contribution in [0.4, 0.5) is 0 Å². The second-order valence-corrected chi connectivity index (χ2v) is 8.13. The Hall–Kier alpha value is -0.640. The van der Waals surface area contributed by atoms with Crippen molar-refractivity contribution in [1.82, 2.24) is 0 Å². The van der Waals surface area contributed by atoms with E-state index in [1.165, 1.54) is 0 Å². The van der Waals surface area contributed by atoms with Gasteiger partial charge in [0.1, 0.15) is 73.2 Å². The lowest BCUT2D eigenvalue weighted by atomic mass is 9.98. The Morgan fingerprint density at radius 3 is 1.56 bits per heavy atom. The van der Waals surface area contributed by atoms with E-state index in [1.54, 1.807) is 0 Å². The van der Waals surface area contributed by atoms with Gasteiger partial charge in [-0.3, -0.25) is 0 Å². The number of hydrogen-bond donors (Lipinski definition) is 12. The Balaban J connectivity index is 1.95. The molecule has 0 amide bonds. The van der Waals surface area contributed by atoms with Gasteiger partial charge in [0.15, 0.2) is 12.6 Å². The molecule has 2 heterocycles. The van der Waals surface area contributed by atoms with Gasteiger partial charge in [0.2, 0.25) is 0 Å². The predicted molar refractivity (Wildman–Crippen MR) is 103 cm³/mol. The highest BCUT2D eigenvalue weighted by Gasteiger charge is 2.47. The number of aliphatic hydroxyl groups excluding tert-OH is 12. The summed E-state index contributed by atoms with van der Waals surface area (Å²) in [4.78, 5) is 0. The van der Waals surface area contributed by atoms with E-state index in [0.717, 1.165) is 0 Å². The van der Waals surface area contributed by atoms with Crippen LogP contribution in [-0.4, -0.2) is 174 Å². The van der Waals surface area contributed by atoms with Crippen LogP contribution in [0.2, 0.25) is 0 Å². The monoisotopic (exact) mass is 506 g/mol. The molecule has 12 N–H and O–H groups in total. The number of aliphatic hydroxyl groups is 12. The normalized spacial score (nSPS) is 42.7. The predicted octanol–water partition coefficient (Wildman–Crippen LogP) is -7.94. The third-order valence-corrected chi connectivity index (χ3v) is 5.74. The van der Waals surface area contributed by atoms with Gasteiger partial charge >= 0.3 is 0 Å². The summed E-state index contributed by atoms with van der Waals surface area (Å²) in [6.07, 6.45) is -24.1. The summed E-state index contributed by atoms with van der Waals surface area (Å²) in [5.41, 5.74) is 0. The maximum absolute atomic E-state index is 10.3. The van der Waals surface area contributed by atoms with Gasteiger partial charge in [0.25, 0.3) is 0 Å². The topological polar surface area (TPSA) is 280 Å². The summed E-state index contributed by atoms with van der Waals surface area (Å²) < 4.78 is 20.4. The van der Waals surface area contributed by atoms with Crippen molar-refractivity contribution in [2.45, 2.75) is 85.8 Å². The highest BCUT2D eigenvalue weighted by molar-refractivity contribution is 4.91. The van der Waals surface area contributed by atoms with Crippen LogP contribution in [0.5, 0.6) is 0 Å². The van der Waals surface area contributed by atoms with Gasteiger partial charge in [-0.15, -0.1) is 0 Å². The van der Waals surface area contributed by atoms with E-state index in [0.29, 0.717) is 0 Å². The van der Waals surface area contributed by atoms with Crippen molar-refractivity contribution in [3.63, 3.8) is 0 Å². The van der Waals surface area contributed by atoms with Crippen molar-refractivity contribution < 1.29 is 80.2 Å². The molecule has 2 fully saturated rings. The smallest absolute Gasteiger partial charge is 0.187 e. The van der Waals surface area contributed by atoms with Gasteiger partial charge in [-0.25, -0.2) is 0 Å². The minimum atomic E-state index is -2.05. The molecule has 14 atom stereocenters. The van der Waals surface area contributed by atoms with Crippen LogP contribution in [0.25, 0.3) is 0 Å². The van der Waals surface area contributed by atoms with Gasteiger partial charge in [-0.05, 0) is 0 Å². The molecule has 16 nitrogen and oxygen atoms in total. The molecule has 0 aliphatic carbocycles. The van der Waals surface area contributed by atoms with Gasteiger partial charge < -0.3 is 80.2 Å². The van der Waals surface area contributed by atoms with Crippen LogP contribution < -0.4 is 0 Å². The Bertz CT molecular complexity index is 594. The highest BCUT2D eigenvalue weighted by atomic mass is 16.7. The van der Waals surface area contributed by atoms with Crippen molar-refractivity contribution in [1.29, 1.82) is 0 Å². The van der Waals surface area contributed by atoms with E-state index in [2.05, 4.69) is 0 Å². The summed E-state index contributed by atoms with van der Waals surface area (Å²) >= 11 is 0. The van der Waals surface area contributed by atoms with E-state index >= 15 is 0 Å². The summed E-state index contributed by atoms with van der Waals surface area (Å²) in [6, 6.07) is 0. The van der Waals surface area contributed by atoms with E-state index in [1.807, 2.05) is 0 Å². The number of rotatable bonds is 11.